The highest BCUT2D eigenvalue weighted by Crippen LogP contribution is 2.28. The van der Waals surface area contributed by atoms with Crippen LogP contribution in [0.2, 0.25) is 0 Å². The first-order chi connectivity index (χ1) is 9.71. The molecule has 0 aliphatic heterocycles. The van der Waals surface area contributed by atoms with Gasteiger partial charge in [-0.3, -0.25) is 0 Å². The Kier molecular flexibility index (Phi) is 7.84. The fourth-order valence-electron chi connectivity index (χ4n) is 1.70. The van der Waals surface area contributed by atoms with Crippen LogP contribution in [0.5, 0.6) is 11.5 Å². The fourth-order valence-corrected chi connectivity index (χ4v) is 1.70. The number of rotatable bonds is 10. The van der Waals surface area contributed by atoms with Gasteiger partial charge in [0.2, 0.25) is 0 Å². The van der Waals surface area contributed by atoms with Crippen LogP contribution in [0.25, 0.3) is 0 Å². The molecule has 0 aromatic heterocycles. The molecule has 0 saturated carbocycles. The molecule has 2 N–H and O–H groups in total. The van der Waals surface area contributed by atoms with E-state index in [1.807, 2.05) is 12.1 Å². The van der Waals surface area contributed by atoms with Gasteiger partial charge in [0.15, 0.2) is 0 Å². The van der Waals surface area contributed by atoms with Crippen LogP contribution in [-0.4, -0.2) is 45.2 Å². The molecule has 1 rings (SSSR count). The molecule has 0 saturated heterocycles. The number of hydrogen-bond donors (Lipinski definition) is 2. The Morgan fingerprint density at radius 3 is 2.70 bits per heavy atom. The summed E-state index contributed by atoms with van der Waals surface area (Å²) in [6, 6.07) is 5.50. The molecule has 1 unspecified atom stereocenters. The zero-order valence-corrected chi connectivity index (χ0v) is 12.5. The number of aliphatic hydroxyl groups is 1. The molecule has 0 amide bonds. The van der Waals surface area contributed by atoms with Crippen molar-refractivity contribution in [1.29, 1.82) is 0 Å². The first-order valence-electron chi connectivity index (χ1n) is 6.93. The summed E-state index contributed by atoms with van der Waals surface area (Å²) in [6.45, 7) is 3.55. The van der Waals surface area contributed by atoms with Gasteiger partial charge in [-0.15, -0.1) is 0 Å². The van der Waals surface area contributed by atoms with Crippen molar-refractivity contribution in [3.8, 4) is 11.5 Å². The van der Waals surface area contributed by atoms with E-state index in [9.17, 15) is 5.11 Å². The number of ether oxygens (including phenoxy) is 3. The van der Waals surface area contributed by atoms with Gasteiger partial charge < -0.3 is 24.6 Å². The Hall–Kier alpha value is -1.46. The van der Waals surface area contributed by atoms with Gasteiger partial charge in [-0.1, -0.05) is 13.3 Å². The second kappa shape index (κ2) is 9.44. The van der Waals surface area contributed by atoms with E-state index in [1.165, 1.54) is 0 Å². The van der Waals surface area contributed by atoms with Gasteiger partial charge in [0.25, 0.3) is 0 Å². The molecule has 1 aromatic carbocycles. The third kappa shape index (κ3) is 5.67. The predicted molar refractivity (Wildman–Crippen MR) is 79.8 cm³/mol. The molecule has 0 spiro atoms. The monoisotopic (exact) mass is 283 g/mol. The zero-order chi connectivity index (χ0) is 14.8. The van der Waals surface area contributed by atoms with Crippen molar-refractivity contribution in [2.45, 2.75) is 25.9 Å². The second-order valence-corrected chi connectivity index (χ2v) is 4.53. The van der Waals surface area contributed by atoms with E-state index in [0.29, 0.717) is 25.5 Å². The maximum absolute atomic E-state index is 9.82. The quantitative estimate of drug-likeness (QED) is 0.645. The maximum Gasteiger partial charge on any atom is 0.145 e. The number of aliphatic hydroxyl groups excluding tert-OH is 1. The van der Waals surface area contributed by atoms with Crippen LogP contribution in [0, 0.1) is 0 Å². The van der Waals surface area contributed by atoms with Crippen molar-refractivity contribution >= 4 is 5.69 Å². The third-order valence-electron chi connectivity index (χ3n) is 2.89. The molecule has 0 heterocycles. The zero-order valence-electron chi connectivity index (χ0n) is 12.5. The average molecular weight is 283 g/mol. The predicted octanol–water partition coefficient (Wildman–Crippen LogP) is 2.29. The van der Waals surface area contributed by atoms with Gasteiger partial charge in [0.05, 0.1) is 32.6 Å². The Balaban J connectivity index is 2.40. The van der Waals surface area contributed by atoms with Gasteiger partial charge in [-0.25, -0.2) is 0 Å². The van der Waals surface area contributed by atoms with Crippen molar-refractivity contribution in [3.05, 3.63) is 18.2 Å². The van der Waals surface area contributed by atoms with Crippen LogP contribution in [-0.2, 0) is 4.74 Å². The summed E-state index contributed by atoms with van der Waals surface area (Å²) in [6.07, 6.45) is 1.57. The van der Waals surface area contributed by atoms with Gasteiger partial charge in [-0.05, 0) is 18.6 Å². The lowest BCUT2D eigenvalue weighted by molar-refractivity contribution is 0.0421. The van der Waals surface area contributed by atoms with Crippen molar-refractivity contribution in [1.82, 2.24) is 0 Å². The van der Waals surface area contributed by atoms with Crippen LogP contribution >= 0.6 is 0 Å². The number of hydrogen-bond acceptors (Lipinski definition) is 5. The second-order valence-electron chi connectivity index (χ2n) is 4.53. The van der Waals surface area contributed by atoms with Crippen molar-refractivity contribution in [2.24, 2.45) is 0 Å². The van der Waals surface area contributed by atoms with Crippen LogP contribution in [0.15, 0.2) is 18.2 Å². The first kappa shape index (κ1) is 16.6. The number of unbranched alkanes of at least 4 members (excludes halogenated alkanes) is 1. The van der Waals surface area contributed by atoms with Gasteiger partial charge in [0, 0.05) is 19.2 Å². The molecular formula is C15H25NO4. The Morgan fingerprint density at radius 1 is 1.25 bits per heavy atom. The average Bonchev–Trinajstić information content (AvgIpc) is 2.49. The van der Waals surface area contributed by atoms with E-state index in [2.05, 4.69) is 12.2 Å². The summed E-state index contributed by atoms with van der Waals surface area (Å²) in [4.78, 5) is 0. The summed E-state index contributed by atoms with van der Waals surface area (Å²) < 4.78 is 15.8. The van der Waals surface area contributed by atoms with Crippen LogP contribution in [0.4, 0.5) is 5.69 Å². The maximum atomic E-state index is 9.82. The molecule has 0 bridgehead atoms. The number of methoxy groups -OCH3 is 2. The highest BCUT2D eigenvalue weighted by atomic mass is 16.5. The van der Waals surface area contributed by atoms with E-state index in [4.69, 9.17) is 14.2 Å². The SMILES string of the molecule is CCCCOCC(O)CNc1ccc(OC)cc1OC. The summed E-state index contributed by atoms with van der Waals surface area (Å²) in [5.41, 5.74) is 0.820. The highest BCUT2D eigenvalue weighted by molar-refractivity contribution is 5.59. The van der Waals surface area contributed by atoms with E-state index in [0.717, 1.165) is 24.3 Å². The normalized spacial score (nSPS) is 12.0. The number of benzene rings is 1. The van der Waals surface area contributed by atoms with E-state index in [1.54, 1.807) is 20.3 Å². The smallest absolute Gasteiger partial charge is 0.145 e. The highest BCUT2D eigenvalue weighted by Gasteiger charge is 2.08. The molecule has 114 valence electrons. The van der Waals surface area contributed by atoms with Crippen molar-refractivity contribution < 1.29 is 19.3 Å². The molecular weight excluding hydrogens is 258 g/mol. The van der Waals surface area contributed by atoms with E-state index < -0.39 is 6.10 Å². The van der Waals surface area contributed by atoms with Gasteiger partial charge in [-0.2, -0.15) is 0 Å². The van der Waals surface area contributed by atoms with E-state index in [-0.39, 0.29) is 0 Å². The molecule has 1 atom stereocenters. The Morgan fingerprint density at radius 2 is 2.05 bits per heavy atom. The molecule has 0 aliphatic rings. The van der Waals surface area contributed by atoms with Gasteiger partial charge >= 0.3 is 0 Å². The largest absolute Gasteiger partial charge is 0.497 e. The summed E-state index contributed by atoms with van der Waals surface area (Å²) in [5.74, 6) is 1.42. The Bertz CT molecular complexity index is 384. The molecule has 0 radical (unpaired) electrons. The minimum atomic E-state index is -0.543. The molecule has 20 heavy (non-hydrogen) atoms. The number of anilines is 1. The standard InChI is InChI=1S/C15H25NO4/c1-4-5-8-20-11-12(17)10-16-14-7-6-13(18-2)9-15(14)19-3/h6-7,9,12,16-17H,4-5,8,10-11H2,1-3H3. The van der Waals surface area contributed by atoms with Crippen LogP contribution in [0.3, 0.4) is 0 Å². The van der Waals surface area contributed by atoms with Crippen LogP contribution in [0.1, 0.15) is 19.8 Å². The van der Waals surface area contributed by atoms with Crippen LogP contribution < -0.4 is 14.8 Å². The lowest BCUT2D eigenvalue weighted by Gasteiger charge is -2.15. The summed E-state index contributed by atoms with van der Waals surface area (Å²) in [5, 5.41) is 13.0. The fraction of sp³-hybridized carbons (Fsp3) is 0.600. The van der Waals surface area contributed by atoms with Gasteiger partial charge in [0.1, 0.15) is 11.5 Å². The van der Waals surface area contributed by atoms with Crippen molar-refractivity contribution in [2.75, 3.05) is 39.3 Å². The lowest BCUT2D eigenvalue weighted by Crippen LogP contribution is -2.25. The number of nitrogens with one attached hydrogen (secondary N) is 1. The minimum absolute atomic E-state index is 0.339. The Labute approximate surface area is 120 Å². The van der Waals surface area contributed by atoms with Crippen molar-refractivity contribution in [3.63, 3.8) is 0 Å². The van der Waals surface area contributed by atoms with E-state index >= 15 is 0 Å². The summed E-state index contributed by atoms with van der Waals surface area (Å²) >= 11 is 0. The molecule has 1 aromatic rings. The lowest BCUT2D eigenvalue weighted by atomic mass is 10.2. The first-order valence-corrected chi connectivity index (χ1v) is 6.93. The molecule has 0 fully saturated rings. The topological polar surface area (TPSA) is 60.0 Å². The molecule has 5 heteroatoms. The minimum Gasteiger partial charge on any atom is -0.497 e. The molecule has 0 aliphatic carbocycles. The third-order valence-corrected chi connectivity index (χ3v) is 2.89. The summed E-state index contributed by atoms with van der Waals surface area (Å²) in [7, 11) is 3.21. The molecule has 5 nitrogen and oxygen atoms in total.